The molecular weight excluding hydrogens is 268 g/mol. The first kappa shape index (κ1) is 12.7. The fourth-order valence-corrected chi connectivity index (χ4v) is 5.92. The average Bonchev–Trinajstić information content (AvgIpc) is 3.01. The van der Waals surface area contributed by atoms with Crippen molar-refractivity contribution in [1.29, 1.82) is 0 Å². The summed E-state index contributed by atoms with van der Waals surface area (Å²) in [6.07, 6.45) is 3.59. The Hall–Kier alpha value is -0.360. The van der Waals surface area contributed by atoms with E-state index in [9.17, 15) is 9.59 Å². The van der Waals surface area contributed by atoms with Gasteiger partial charge in [-0.05, 0) is 25.7 Å². The van der Waals surface area contributed by atoms with Crippen LogP contribution in [-0.4, -0.2) is 51.4 Å². The first-order valence-electron chi connectivity index (χ1n) is 6.64. The van der Waals surface area contributed by atoms with Crippen molar-refractivity contribution in [3.63, 3.8) is 0 Å². The molecule has 3 rings (SSSR count). The quantitative estimate of drug-likeness (QED) is 0.741. The summed E-state index contributed by atoms with van der Waals surface area (Å²) in [5.41, 5.74) is 0. The predicted molar refractivity (Wildman–Crippen MR) is 74.1 cm³/mol. The second kappa shape index (κ2) is 4.63. The highest BCUT2D eigenvalue weighted by Gasteiger charge is 2.59. The monoisotopic (exact) mass is 286 g/mol. The van der Waals surface area contributed by atoms with Crippen LogP contribution in [0.1, 0.15) is 32.6 Å². The Labute approximate surface area is 115 Å². The van der Waals surface area contributed by atoms with E-state index in [0.717, 1.165) is 44.5 Å². The van der Waals surface area contributed by atoms with Crippen molar-refractivity contribution in [2.24, 2.45) is 0 Å². The van der Waals surface area contributed by atoms with E-state index in [4.69, 9.17) is 0 Å². The molecule has 0 aromatic carbocycles. The molecule has 4 nitrogen and oxygen atoms in total. The van der Waals surface area contributed by atoms with Gasteiger partial charge in [0.05, 0.1) is 0 Å². The Bertz CT molecular complexity index is 390. The van der Waals surface area contributed by atoms with Crippen LogP contribution in [0.3, 0.4) is 0 Å². The molecule has 0 N–H and O–H groups in total. The second-order valence-electron chi connectivity index (χ2n) is 5.02. The van der Waals surface area contributed by atoms with E-state index in [2.05, 4.69) is 6.92 Å². The zero-order chi connectivity index (χ0) is 12.8. The summed E-state index contributed by atoms with van der Waals surface area (Å²) in [6.45, 7) is 3.61. The van der Waals surface area contributed by atoms with Crippen LogP contribution in [0.4, 0.5) is 0 Å². The third kappa shape index (κ3) is 1.61. The molecule has 3 saturated heterocycles. The molecule has 0 unspecified atom stereocenters. The summed E-state index contributed by atoms with van der Waals surface area (Å²) in [5, 5.41) is 0. The summed E-state index contributed by atoms with van der Waals surface area (Å²) in [6, 6.07) is -0.157. The van der Waals surface area contributed by atoms with Crippen molar-refractivity contribution in [3.8, 4) is 0 Å². The van der Waals surface area contributed by atoms with E-state index in [1.54, 1.807) is 21.6 Å². The van der Waals surface area contributed by atoms with Gasteiger partial charge in [0.2, 0.25) is 5.91 Å². The number of hydrogen-bond acceptors (Lipinski definition) is 4. The van der Waals surface area contributed by atoms with Gasteiger partial charge >= 0.3 is 0 Å². The van der Waals surface area contributed by atoms with E-state index in [0.29, 0.717) is 0 Å². The van der Waals surface area contributed by atoms with E-state index in [1.165, 1.54) is 0 Å². The molecule has 18 heavy (non-hydrogen) atoms. The minimum absolute atomic E-state index is 0.157. The molecule has 0 radical (unpaired) electrons. The lowest BCUT2D eigenvalue weighted by atomic mass is 10.1. The highest BCUT2D eigenvalue weighted by atomic mass is 33.1. The molecule has 0 aromatic rings. The van der Waals surface area contributed by atoms with Gasteiger partial charge < -0.3 is 9.80 Å². The normalized spacial score (nSPS) is 35.1. The molecule has 3 aliphatic heterocycles. The van der Waals surface area contributed by atoms with E-state index >= 15 is 0 Å². The van der Waals surface area contributed by atoms with Gasteiger partial charge in [-0.3, -0.25) is 9.59 Å². The molecule has 0 aliphatic carbocycles. The van der Waals surface area contributed by atoms with Gasteiger partial charge in [-0.1, -0.05) is 28.5 Å². The Kier molecular flexibility index (Phi) is 3.26. The van der Waals surface area contributed by atoms with Crippen molar-refractivity contribution >= 4 is 33.4 Å². The Balaban J connectivity index is 1.94. The molecule has 2 atom stereocenters. The number of carbonyl (C=O) groups is 2. The highest BCUT2D eigenvalue weighted by Crippen LogP contribution is 2.50. The molecule has 3 heterocycles. The molecule has 0 spiro atoms. The summed E-state index contributed by atoms with van der Waals surface area (Å²) < 4.78 is 0. The number of piperazine rings is 1. The number of rotatable bonds is 3. The third-order valence-electron chi connectivity index (χ3n) is 4.05. The molecular formula is C12H18N2O2S2. The van der Waals surface area contributed by atoms with Gasteiger partial charge in [0.1, 0.15) is 6.04 Å². The van der Waals surface area contributed by atoms with Gasteiger partial charge in [-0.25, -0.2) is 0 Å². The molecule has 0 saturated carbocycles. The maximum Gasteiger partial charge on any atom is 0.260 e. The fourth-order valence-electron chi connectivity index (χ4n) is 3.25. The van der Waals surface area contributed by atoms with Gasteiger partial charge in [0.15, 0.2) is 4.87 Å². The number of nitrogens with zero attached hydrogens (tertiary/aromatic N) is 2. The summed E-state index contributed by atoms with van der Waals surface area (Å²) in [5.74, 6) is 1.34. The smallest absolute Gasteiger partial charge is 0.260 e. The lowest BCUT2D eigenvalue weighted by Gasteiger charge is -2.46. The van der Waals surface area contributed by atoms with Gasteiger partial charge in [-0.2, -0.15) is 0 Å². The van der Waals surface area contributed by atoms with Crippen LogP contribution in [0, 0.1) is 0 Å². The van der Waals surface area contributed by atoms with Gasteiger partial charge in [0.25, 0.3) is 5.91 Å². The van der Waals surface area contributed by atoms with Crippen LogP contribution < -0.4 is 0 Å². The molecule has 100 valence electrons. The Morgan fingerprint density at radius 1 is 1.33 bits per heavy atom. The minimum Gasteiger partial charge on any atom is -0.328 e. The molecule has 0 aromatic heterocycles. The largest absolute Gasteiger partial charge is 0.328 e. The van der Waals surface area contributed by atoms with E-state index in [-0.39, 0.29) is 17.9 Å². The minimum atomic E-state index is -0.585. The summed E-state index contributed by atoms with van der Waals surface area (Å²) in [4.78, 5) is 28.4. The first-order valence-corrected chi connectivity index (χ1v) is 8.96. The van der Waals surface area contributed by atoms with Crippen molar-refractivity contribution in [2.45, 2.75) is 43.5 Å². The van der Waals surface area contributed by atoms with Crippen LogP contribution in [0.5, 0.6) is 0 Å². The number of fused-ring (bicyclic) bond motifs is 2. The van der Waals surface area contributed by atoms with Crippen molar-refractivity contribution in [1.82, 2.24) is 9.80 Å². The van der Waals surface area contributed by atoms with Crippen LogP contribution in [0.15, 0.2) is 0 Å². The molecule has 6 heteroatoms. The Morgan fingerprint density at radius 3 is 2.94 bits per heavy atom. The number of amides is 2. The van der Waals surface area contributed by atoms with E-state index in [1.807, 2.05) is 9.80 Å². The Morgan fingerprint density at radius 2 is 2.17 bits per heavy atom. The standard InChI is InChI=1S/C12H18N2O2S2/c1-2-17-18-12-6-4-8-14(12)10(15)9-5-3-7-13(9)11(12)16/h9H,2-8H2,1H3/t9-,12-/m1/s1. The number of carbonyl (C=O) groups excluding carboxylic acids is 2. The fraction of sp³-hybridized carbons (Fsp3) is 0.833. The summed E-state index contributed by atoms with van der Waals surface area (Å²) >= 11 is 0. The second-order valence-corrected chi connectivity index (χ2v) is 7.89. The van der Waals surface area contributed by atoms with Crippen LogP contribution in [-0.2, 0) is 9.59 Å². The lowest BCUT2D eigenvalue weighted by Crippen LogP contribution is -2.66. The predicted octanol–water partition coefficient (Wildman–Crippen LogP) is 1.71. The highest BCUT2D eigenvalue weighted by molar-refractivity contribution is 8.77. The maximum atomic E-state index is 12.8. The molecule has 3 fully saturated rings. The van der Waals surface area contributed by atoms with Crippen LogP contribution in [0.25, 0.3) is 0 Å². The molecule has 2 amide bonds. The number of hydrogen-bond donors (Lipinski definition) is 0. The van der Waals surface area contributed by atoms with Crippen LogP contribution in [0.2, 0.25) is 0 Å². The topological polar surface area (TPSA) is 40.6 Å². The van der Waals surface area contributed by atoms with Gasteiger partial charge in [0, 0.05) is 18.8 Å². The first-order chi connectivity index (χ1) is 8.70. The van der Waals surface area contributed by atoms with Gasteiger partial charge in [-0.15, -0.1) is 0 Å². The summed E-state index contributed by atoms with van der Waals surface area (Å²) in [7, 11) is 3.30. The van der Waals surface area contributed by atoms with E-state index < -0.39 is 4.87 Å². The van der Waals surface area contributed by atoms with Crippen molar-refractivity contribution < 1.29 is 9.59 Å². The average molecular weight is 286 g/mol. The van der Waals surface area contributed by atoms with Crippen molar-refractivity contribution in [3.05, 3.63) is 0 Å². The molecule has 0 bridgehead atoms. The lowest BCUT2D eigenvalue weighted by molar-refractivity contribution is -0.159. The zero-order valence-electron chi connectivity index (χ0n) is 10.6. The maximum absolute atomic E-state index is 12.8. The van der Waals surface area contributed by atoms with Crippen LogP contribution >= 0.6 is 21.6 Å². The zero-order valence-corrected chi connectivity index (χ0v) is 12.2. The third-order valence-corrected chi connectivity index (χ3v) is 7.16. The SMILES string of the molecule is CCSS[C@@]12CCCN1C(=O)[C@H]1CCCN1C2=O. The van der Waals surface area contributed by atoms with Crippen molar-refractivity contribution in [2.75, 3.05) is 18.8 Å². The molecule has 3 aliphatic rings.